The van der Waals surface area contributed by atoms with Gasteiger partial charge in [-0.3, -0.25) is 4.79 Å². The van der Waals surface area contributed by atoms with Crippen LogP contribution in [0.1, 0.15) is 56.1 Å². The second-order valence-electron chi connectivity index (χ2n) is 8.77. The highest BCUT2D eigenvalue weighted by molar-refractivity contribution is 5.97. The molecule has 1 aliphatic carbocycles. The van der Waals surface area contributed by atoms with Crippen molar-refractivity contribution in [2.75, 3.05) is 50.5 Å². The molecule has 10 nitrogen and oxygen atoms in total. The minimum atomic E-state index is -0.00502. The van der Waals surface area contributed by atoms with Gasteiger partial charge in [0.05, 0.1) is 11.9 Å². The molecule has 2 aliphatic rings. The molecule has 1 amide bonds. The summed E-state index contributed by atoms with van der Waals surface area (Å²) in [5.74, 6) is 1.18. The zero-order chi connectivity index (χ0) is 26.1. The summed E-state index contributed by atoms with van der Waals surface area (Å²) in [5.41, 5.74) is 2.61. The van der Waals surface area contributed by atoms with Crippen molar-refractivity contribution < 1.29 is 9.59 Å². The smallest absolute Gasteiger partial charge is 0.270 e. The number of pyridine rings is 1. The first kappa shape index (κ1) is 27.1. The quantitative estimate of drug-likeness (QED) is 0.554. The first-order valence-corrected chi connectivity index (χ1v) is 12.7. The molecule has 0 atom stereocenters. The lowest BCUT2D eigenvalue weighted by atomic mass is 10.2. The minimum absolute atomic E-state index is 0.00502. The summed E-state index contributed by atoms with van der Waals surface area (Å²) in [6.45, 7) is 9.96. The predicted octanol–water partition coefficient (Wildman–Crippen LogP) is 3.64. The Bertz CT molecular complexity index is 1120. The van der Waals surface area contributed by atoms with Crippen molar-refractivity contribution in [1.82, 2.24) is 29.7 Å². The number of anilines is 3. The van der Waals surface area contributed by atoms with E-state index in [9.17, 15) is 4.79 Å². The van der Waals surface area contributed by atoms with Crippen LogP contribution in [0.2, 0.25) is 0 Å². The van der Waals surface area contributed by atoms with Crippen LogP contribution < -0.4 is 15.5 Å². The van der Waals surface area contributed by atoms with Gasteiger partial charge < -0.3 is 29.8 Å². The Balaban J connectivity index is 0.000000861. The standard InChI is InChI=1S/C23H30N8O.C2H6.CH2O/c1-29(2)22(32)19-13-16-14-26-23(28-21(16)31(19)17-5-3-4-6-17)27-20-8-7-18(15-25-20)30-11-9-24-10-12-30;2*1-2/h7-8,13-15,17,24H,3-6,9-12H2,1-2H3,(H,25,26,27,28);1-2H3;1H2. The van der Waals surface area contributed by atoms with Crippen molar-refractivity contribution in [3.63, 3.8) is 0 Å². The molecule has 2 N–H and O–H groups in total. The van der Waals surface area contributed by atoms with E-state index in [-0.39, 0.29) is 5.91 Å². The Labute approximate surface area is 213 Å². The van der Waals surface area contributed by atoms with Gasteiger partial charge in [-0.15, -0.1) is 0 Å². The van der Waals surface area contributed by atoms with Gasteiger partial charge in [-0.05, 0) is 31.0 Å². The number of nitrogens with zero attached hydrogens (tertiary/aromatic N) is 6. The lowest BCUT2D eigenvalue weighted by molar-refractivity contribution is -0.0980. The number of hydrogen-bond acceptors (Lipinski definition) is 8. The normalized spacial score (nSPS) is 15.5. The third kappa shape index (κ3) is 5.99. The molecule has 36 heavy (non-hydrogen) atoms. The van der Waals surface area contributed by atoms with E-state index >= 15 is 0 Å². The van der Waals surface area contributed by atoms with Crippen LogP contribution in [0.5, 0.6) is 0 Å². The molecule has 1 saturated carbocycles. The molecule has 1 saturated heterocycles. The Morgan fingerprint density at radius 2 is 1.78 bits per heavy atom. The van der Waals surface area contributed by atoms with Crippen molar-refractivity contribution >= 4 is 41.2 Å². The monoisotopic (exact) mass is 494 g/mol. The summed E-state index contributed by atoms with van der Waals surface area (Å²) in [5, 5.41) is 7.48. The first-order chi connectivity index (χ1) is 17.6. The number of rotatable bonds is 5. The fourth-order valence-corrected chi connectivity index (χ4v) is 4.68. The Morgan fingerprint density at radius 1 is 1.08 bits per heavy atom. The summed E-state index contributed by atoms with van der Waals surface area (Å²) >= 11 is 0. The number of carbonyl (C=O) groups excluding carboxylic acids is 2. The molecule has 194 valence electrons. The summed E-state index contributed by atoms with van der Waals surface area (Å²) < 4.78 is 2.12. The molecule has 1 aliphatic heterocycles. The molecule has 10 heteroatoms. The van der Waals surface area contributed by atoms with Crippen LogP contribution in [-0.4, -0.2) is 77.4 Å². The van der Waals surface area contributed by atoms with Crippen LogP contribution in [0, 0.1) is 0 Å². The molecule has 3 aromatic rings. The molecule has 0 unspecified atom stereocenters. The van der Waals surface area contributed by atoms with E-state index in [1.54, 1.807) is 25.2 Å². The van der Waals surface area contributed by atoms with Gasteiger partial charge in [0.25, 0.3) is 5.91 Å². The van der Waals surface area contributed by atoms with Crippen LogP contribution in [0.15, 0.2) is 30.6 Å². The fraction of sp³-hybridized carbons (Fsp3) is 0.500. The van der Waals surface area contributed by atoms with Crippen molar-refractivity contribution in [2.45, 2.75) is 45.6 Å². The number of piperazine rings is 1. The van der Waals surface area contributed by atoms with Gasteiger partial charge in [0.2, 0.25) is 5.95 Å². The van der Waals surface area contributed by atoms with Crippen LogP contribution >= 0.6 is 0 Å². The molecule has 0 spiro atoms. The summed E-state index contributed by atoms with van der Waals surface area (Å²) in [6, 6.07) is 6.25. The highest BCUT2D eigenvalue weighted by Crippen LogP contribution is 2.35. The molecule has 5 rings (SSSR count). The zero-order valence-corrected chi connectivity index (χ0v) is 21.8. The average molecular weight is 495 g/mol. The van der Waals surface area contributed by atoms with E-state index < -0.39 is 0 Å². The molecule has 3 aromatic heterocycles. The fourth-order valence-electron chi connectivity index (χ4n) is 4.68. The number of nitrogens with one attached hydrogen (secondary N) is 2. The topological polar surface area (TPSA) is 108 Å². The molecule has 2 fully saturated rings. The van der Waals surface area contributed by atoms with E-state index in [2.05, 4.69) is 36.1 Å². The third-order valence-corrected chi connectivity index (χ3v) is 6.36. The van der Waals surface area contributed by atoms with E-state index in [1.807, 2.05) is 39.0 Å². The SMILES string of the molecule is C=O.CC.CN(C)C(=O)c1cc2cnc(Nc3ccc(N4CCNCC4)cn3)nc2n1C1CCCC1. The van der Waals surface area contributed by atoms with Crippen LogP contribution in [-0.2, 0) is 4.79 Å². The summed E-state index contributed by atoms with van der Waals surface area (Å²) in [7, 11) is 3.57. The maximum atomic E-state index is 12.9. The molecule has 4 heterocycles. The number of fused-ring (bicyclic) bond motifs is 1. The summed E-state index contributed by atoms with van der Waals surface area (Å²) in [4.78, 5) is 38.6. The van der Waals surface area contributed by atoms with Crippen molar-refractivity contribution in [2.24, 2.45) is 0 Å². The van der Waals surface area contributed by atoms with E-state index in [4.69, 9.17) is 9.78 Å². The van der Waals surface area contributed by atoms with Crippen LogP contribution in [0.3, 0.4) is 0 Å². The maximum Gasteiger partial charge on any atom is 0.270 e. The Hall–Kier alpha value is -3.53. The second-order valence-corrected chi connectivity index (χ2v) is 8.77. The number of amides is 1. The Kier molecular flexibility index (Phi) is 9.75. The van der Waals surface area contributed by atoms with E-state index in [0.717, 1.165) is 55.7 Å². The van der Waals surface area contributed by atoms with Crippen molar-refractivity contribution in [3.05, 3.63) is 36.3 Å². The van der Waals surface area contributed by atoms with Crippen LogP contribution in [0.4, 0.5) is 17.5 Å². The van der Waals surface area contributed by atoms with E-state index in [1.165, 1.54) is 12.8 Å². The van der Waals surface area contributed by atoms with Gasteiger partial charge in [0, 0.05) is 57.9 Å². The van der Waals surface area contributed by atoms with Gasteiger partial charge in [-0.1, -0.05) is 26.7 Å². The van der Waals surface area contributed by atoms with Gasteiger partial charge in [0.1, 0.15) is 23.9 Å². The van der Waals surface area contributed by atoms with Gasteiger partial charge >= 0.3 is 0 Å². The number of carbonyl (C=O) groups is 2. The minimum Gasteiger partial charge on any atom is -0.368 e. The van der Waals surface area contributed by atoms with E-state index in [0.29, 0.717) is 23.5 Å². The largest absolute Gasteiger partial charge is 0.368 e. The zero-order valence-electron chi connectivity index (χ0n) is 21.8. The lowest BCUT2D eigenvalue weighted by Gasteiger charge is -2.29. The predicted molar refractivity (Wildman–Crippen MR) is 144 cm³/mol. The highest BCUT2D eigenvalue weighted by Gasteiger charge is 2.26. The summed E-state index contributed by atoms with van der Waals surface area (Å²) in [6.07, 6.45) is 8.18. The molecular weight excluding hydrogens is 456 g/mol. The third-order valence-electron chi connectivity index (χ3n) is 6.36. The molecule has 0 bridgehead atoms. The highest BCUT2D eigenvalue weighted by atomic mass is 16.2. The van der Waals surface area contributed by atoms with Crippen LogP contribution in [0.25, 0.3) is 11.0 Å². The van der Waals surface area contributed by atoms with Gasteiger partial charge in [0.15, 0.2) is 0 Å². The number of aromatic nitrogens is 4. The van der Waals surface area contributed by atoms with Crippen molar-refractivity contribution in [3.8, 4) is 0 Å². The maximum absolute atomic E-state index is 12.9. The average Bonchev–Trinajstić information content (AvgIpc) is 3.59. The first-order valence-electron chi connectivity index (χ1n) is 12.7. The molecule has 0 radical (unpaired) electrons. The molecular formula is C26H38N8O2. The van der Waals surface area contributed by atoms with Gasteiger partial charge in [-0.2, -0.15) is 4.98 Å². The number of hydrogen-bond donors (Lipinski definition) is 2. The van der Waals surface area contributed by atoms with Crippen molar-refractivity contribution in [1.29, 1.82) is 0 Å². The lowest BCUT2D eigenvalue weighted by Crippen LogP contribution is -2.43. The molecule has 0 aromatic carbocycles. The Morgan fingerprint density at radius 3 is 2.39 bits per heavy atom. The second kappa shape index (κ2) is 13.0. The van der Waals surface area contributed by atoms with Gasteiger partial charge in [-0.25, -0.2) is 9.97 Å².